The van der Waals surface area contributed by atoms with Gasteiger partial charge in [-0.05, 0) is 58.0 Å². The highest BCUT2D eigenvalue weighted by Crippen LogP contribution is 2.26. The van der Waals surface area contributed by atoms with Crippen molar-refractivity contribution in [3.63, 3.8) is 0 Å². The fraction of sp³-hybridized carbons (Fsp3) is 0.259. The molecular weight excluding hydrogens is 534 g/mol. The number of aryl methyl sites for hydroxylation is 1. The number of nitrogens with two attached hydrogens (primary N) is 2. The van der Waals surface area contributed by atoms with Crippen LogP contribution in [0.3, 0.4) is 0 Å². The number of amides is 3. The number of nitrogens with zero attached hydrogens (tertiary/aromatic N) is 2. The maximum absolute atomic E-state index is 13.1. The van der Waals surface area contributed by atoms with Crippen LogP contribution in [-0.4, -0.2) is 46.3 Å². The molecule has 0 aliphatic rings. The number of rotatable bonds is 9. The van der Waals surface area contributed by atoms with Crippen molar-refractivity contribution in [2.24, 2.45) is 16.5 Å². The normalized spacial score (nSPS) is 11.6. The second kappa shape index (κ2) is 12.8. The Labute approximate surface area is 235 Å². The number of para-hydroxylation sites is 1. The second-order valence-electron chi connectivity index (χ2n) is 9.65. The van der Waals surface area contributed by atoms with E-state index in [1.165, 1.54) is 12.1 Å². The molecule has 3 aromatic rings. The molecule has 0 radical (unpaired) electrons. The van der Waals surface area contributed by atoms with Crippen LogP contribution in [0.4, 0.5) is 16.5 Å². The third kappa shape index (κ3) is 8.91. The lowest BCUT2D eigenvalue weighted by Gasteiger charge is -2.23. The first-order valence-corrected chi connectivity index (χ1v) is 13.0. The summed E-state index contributed by atoms with van der Waals surface area (Å²) in [6, 6.07) is 13.5. The Bertz CT molecular complexity index is 1430. The fourth-order valence-electron chi connectivity index (χ4n) is 3.43. The van der Waals surface area contributed by atoms with E-state index >= 15 is 0 Å². The van der Waals surface area contributed by atoms with Crippen LogP contribution in [0.25, 0.3) is 0 Å². The summed E-state index contributed by atoms with van der Waals surface area (Å²) in [5.41, 5.74) is 11.4. The molecule has 0 bridgehead atoms. The molecule has 0 saturated heterocycles. The standard InChI is InChI=1S/C27H31N7O5S/c1-15-21(40-26(30-15)34-25(28)29)24(38)32-18-12-8-9-16(13-18)22(36)33-19(14-20(35)39-27(2,3)4)23(37)31-17-10-6-5-7-11-17/h5-13,19H,14H2,1-4H3,(H,31,37)(H,32,38)(H,33,36)(H4,28,29,30,34)/t19-/m0/s1. The SMILES string of the molecule is Cc1nc(N=C(N)N)sc1C(=O)Nc1cccc(C(=O)N[C@@H](CC(=O)OC(C)(C)C)C(=O)Nc2ccccc2)c1. The van der Waals surface area contributed by atoms with Crippen LogP contribution in [0.2, 0.25) is 0 Å². The van der Waals surface area contributed by atoms with E-state index in [1.807, 2.05) is 0 Å². The van der Waals surface area contributed by atoms with Gasteiger partial charge in [0, 0.05) is 16.9 Å². The van der Waals surface area contributed by atoms with Crippen LogP contribution < -0.4 is 27.4 Å². The van der Waals surface area contributed by atoms with Crippen molar-refractivity contribution < 1.29 is 23.9 Å². The molecule has 1 atom stereocenters. The number of esters is 1. The number of benzene rings is 2. The van der Waals surface area contributed by atoms with Crippen molar-refractivity contribution in [2.75, 3.05) is 10.6 Å². The van der Waals surface area contributed by atoms with Crippen molar-refractivity contribution >= 4 is 57.5 Å². The van der Waals surface area contributed by atoms with E-state index in [9.17, 15) is 19.2 Å². The number of hydrogen-bond donors (Lipinski definition) is 5. The number of ether oxygens (including phenoxy) is 1. The zero-order chi connectivity index (χ0) is 29.4. The van der Waals surface area contributed by atoms with E-state index in [0.29, 0.717) is 21.9 Å². The lowest BCUT2D eigenvalue weighted by atomic mass is 10.1. The lowest BCUT2D eigenvalue weighted by Crippen LogP contribution is -2.46. The molecule has 0 aliphatic heterocycles. The summed E-state index contributed by atoms with van der Waals surface area (Å²) < 4.78 is 5.35. The largest absolute Gasteiger partial charge is 0.460 e. The number of guanidine groups is 1. The summed E-state index contributed by atoms with van der Waals surface area (Å²) in [7, 11) is 0. The first kappa shape index (κ1) is 29.8. The molecule has 40 heavy (non-hydrogen) atoms. The van der Waals surface area contributed by atoms with Crippen LogP contribution in [-0.2, 0) is 14.3 Å². The summed E-state index contributed by atoms with van der Waals surface area (Å²) in [6.07, 6.45) is -0.388. The van der Waals surface area contributed by atoms with E-state index in [1.54, 1.807) is 70.2 Å². The second-order valence-corrected chi connectivity index (χ2v) is 10.6. The van der Waals surface area contributed by atoms with E-state index in [0.717, 1.165) is 11.3 Å². The Balaban J connectivity index is 1.76. The molecule has 0 saturated carbocycles. The molecule has 1 aromatic heterocycles. The number of aliphatic imine (C=N–C) groups is 1. The zero-order valence-corrected chi connectivity index (χ0v) is 23.3. The van der Waals surface area contributed by atoms with Crippen LogP contribution in [0.5, 0.6) is 0 Å². The van der Waals surface area contributed by atoms with Gasteiger partial charge in [-0.3, -0.25) is 19.2 Å². The minimum absolute atomic E-state index is 0.154. The third-order valence-corrected chi connectivity index (χ3v) is 6.10. The van der Waals surface area contributed by atoms with E-state index < -0.39 is 35.3 Å². The minimum Gasteiger partial charge on any atom is -0.460 e. The first-order valence-electron chi connectivity index (χ1n) is 12.2. The molecule has 13 heteroatoms. The zero-order valence-electron chi connectivity index (χ0n) is 22.5. The number of carbonyl (C=O) groups excluding carboxylic acids is 4. The summed E-state index contributed by atoms with van der Waals surface area (Å²) in [5, 5.41) is 8.25. The van der Waals surface area contributed by atoms with Gasteiger partial charge >= 0.3 is 5.97 Å². The number of hydrogen-bond acceptors (Lipinski definition) is 8. The van der Waals surface area contributed by atoms with Crippen molar-refractivity contribution in [3.05, 3.63) is 70.7 Å². The first-order chi connectivity index (χ1) is 18.8. The van der Waals surface area contributed by atoms with Gasteiger partial charge in [-0.25, -0.2) is 4.98 Å². The van der Waals surface area contributed by atoms with Crippen LogP contribution in [0.1, 0.15) is 52.9 Å². The van der Waals surface area contributed by atoms with Gasteiger partial charge in [0.2, 0.25) is 11.0 Å². The number of carbonyl (C=O) groups is 4. The number of aromatic nitrogens is 1. The predicted octanol–water partition coefficient (Wildman–Crippen LogP) is 3.08. The molecular formula is C27H31N7O5S. The third-order valence-electron chi connectivity index (χ3n) is 5.05. The summed E-state index contributed by atoms with van der Waals surface area (Å²) in [4.78, 5) is 59.8. The molecule has 0 unspecified atom stereocenters. The lowest BCUT2D eigenvalue weighted by molar-refractivity contribution is -0.156. The van der Waals surface area contributed by atoms with Crippen molar-refractivity contribution in [3.8, 4) is 0 Å². The number of anilines is 2. The smallest absolute Gasteiger partial charge is 0.308 e. The van der Waals surface area contributed by atoms with Gasteiger partial charge in [-0.1, -0.05) is 35.6 Å². The molecule has 0 fully saturated rings. The highest BCUT2D eigenvalue weighted by Gasteiger charge is 2.28. The minimum atomic E-state index is -1.23. The Hall–Kier alpha value is -4.78. The van der Waals surface area contributed by atoms with E-state index in [4.69, 9.17) is 16.2 Å². The van der Waals surface area contributed by atoms with Crippen molar-refractivity contribution in [1.29, 1.82) is 0 Å². The molecule has 1 heterocycles. The van der Waals surface area contributed by atoms with Gasteiger partial charge in [-0.2, -0.15) is 4.99 Å². The van der Waals surface area contributed by atoms with Crippen LogP contribution in [0, 0.1) is 6.92 Å². The van der Waals surface area contributed by atoms with Gasteiger partial charge in [0.1, 0.15) is 16.5 Å². The van der Waals surface area contributed by atoms with Crippen molar-refractivity contribution in [2.45, 2.75) is 45.8 Å². The maximum atomic E-state index is 13.1. The van der Waals surface area contributed by atoms with E-state index in [-0.39, 0.29) is 23.1 Å². The van der Waals surface area contributed by atoms with Crippen LogP contribution in [0.15, 0.2) is 59.6 Å². The Kier molecular flexibility index (Phi) is 9.56. The molecule has 0 aliphatic carbocycles. The van der Waals surface area contributed by atoms with Crippen LogP contribution >= 0.6 is 11.3 Å². The molecule has 12 nitrogen and oxygen atoms in total. The highest BCUT2D eigenvalue weighted by molar-refractivity contribution is 7.17. The molecule has 7 N–H and O–H groups in total. The quantitative estimate of drug-likeness (QED) is 0.148. The molecule has 2 aromatic carbocycles. The van der Waals surface area contributed by atoms with E-state index in [2.05, 4.69) is 25.9 Å². The number of thiazole rings is 1. The van der Waals surface area contributed by atoms with Gasteiger partial charge in [0.15, 0.2) is 5.96 Å². The Morgan fingerprint density at radius 2 is 1.65 bits per heavy atom. The predicted molar refractivity (Wildman–Crippen MR) is 154 cm³/mol. The summed E-state index contributed by atoms with van der Waals surface area (Å²) in [5.74, 6) is -2.51. The average Bonchev–Trinajstić information content (AvgIpc) is 3.22. The number of nitrogens with one attached hydrogen (secondary N) is 3. The summed E-state index contributed by atoms with van der Waals surface area (Å²) >= 11 is 1.01. The van der Waals surface area contributed by atoms with Gasteiger partial charge in [-0.15, -0.1) is 0 Å². The molecule has 0 spiro atoms. The van der Waals surface area contributed by atoms with Gasteiger partial charge < -0.3 is 32.2 Å². The highest BCUT2D eigenvalue weighted by atomic mass is 32.1. The summed E-state index contributed by atoms with van der Waals surface area (Å²) in [6.45, 7) is 6.76. The van der Waals surface area contributed by atoms with Crippen molar-refractivity contribution in [1.82, 2.24) is 10.3 Å². The van der Waals surface area contributed by atoms with Gasteiger partial charge in [0.05, 0.1) is 12.1 Å². The topological polar surface area (TPSA) is 191 Å². The molecule has 210 valence electrons. The fourth-order valence-corrected chi connectivity index (χ4v) is 4.28. The van der Waals surface area contributed by atoms with Gasteiger partial charge in [0.25, 0.3) is 11.8 Å². The maximum Gasteiger partial charge on any atom is 0.308 e. The Morgan fingerprint density at radius 3 is 2.30 bits per heavy atom. The molecule has 3 rings (SSSR count). The Morgan fingerprint density at radius 1 is 0.975 bits per heavy atom. The molecule has 3 amide bonds. The average molecular weight is 566 g/mol. The monoisotopic (exact) mass is 565 g/mol.